The number of sulfonamides is 1. The predicted octanol–water partition coefficient (Wildman–Crippen LogP) is 3.88. The quantitative estimate of drug-likeness (QED) is 0.413. The maximum Gasteiger partial charge on any atom is 0.266 e. The number of amides is 3. The van der Waals surface area contributed by atoms with E-state index in [2.05, 4.69) is 10.0 Å². The molecule has 0 spiro atoms. The van der Waals surface area contributed by atoms with Crippen LogP contribution >= 0.6 is 0 Å². The van der Waals surface area contributed by atoms with E-state index in [4.69, 9.17) is 0 Å². The fourth-order valence-electron chi connectivity index (χ4n) is 3.49. The molecule has 2 aromatic carbocycles. The molecule has 0 atom stereocenters. The van der Waals surface area contributed by atoms with E-state index >= 15 is 0 Å². The summed E-state index contributed by atoms with van der Waals surface area (Å²) in [6.07, 6.45) is 2.09. The Morgan fingerprint density at radius 1 is 0.941 bits per heavy atom. The van der Waals surface area contributed by atoms with Gasteiger partial charge in [-0.3, -0.25) is 14.4 Å². The number of fused-ring (bicyclic) bond motifs is 1. The first-order chi connectivity index (χ1) is 15.9. The summed E-state index contributed by atoms with van der Waals surface area (Å²) in [4.78, 5) is 39.2. The van der Waals surface area contributed by atoms with E-state index < -0.39 is 20.7 Å². The van der Waals surface area contributed by atoms with Gasteiger partial charge in [0.2, 0.25) is 15.9 Å². The van der Waals surface area contributed by atoms with Crippen molar-refractivity contribution in [2.45, 2.75) is 58.1 Å². The van der Waals surface area contributed by atoms with Crippen molar-refractivity contribution in [3.8, 4) is 0 Å². The maximum absolute atomic E-state index is 12.9. The summed E-state index contributed by atoms with van der Waals surface area (Å²) in [5.74, 6) is -1.06. The van der Waals surface area contributed by atoms with E-state index in [-0.39, 0.29) is 30.3 Å². The third kappa shape index (κ3) is 5.53. The zero-order valence-corrected chi connectivity index (χ0v) is 20.8. The lowest BCUT2D eigenvalue weighted by atomic mass is 10.1. The lowest BCUT2D eigenvalue weighted by molar-refractivity contribution is -0.116. The average molecular weight is 486 g/mol. The number of aryl methyl sites for hydroxylation is 1. The van der Waals surface area contributed by atoms with Crippen LogP contribution < -0.4 is 14.9 Å². The van der Waals surface area contributed by atoms with Gasteiger partial charge in [0, 0.05) is 18.7 Å². The van der Waals surface area contributed by atoms with Gasteiger partial charge in [-0.2, -0.15) is 0 Å². The second-order valence-electron chi connectivity index (χ2n) is 9.24. The molecule has 0 radical (unpaired) electrons. The molecule has 182 valence electrons. The van der Waals surface area contributed by atoms with Gasteiger partial charge in [0.15, 0.2) is 0 Å². The summed E-state index contributed by atoms with van der Waals surface area (Å²) in [6, 6.07) is 12.0. The molecule has 8 nitrogen and oxygen atoms in total. The minimum Gasteiger partial charge on any atom is -0.326 e. The van der Waals surface area contributed by atoms with Crippen molar-refractivity contribution in [1.29, 1.82) is 0 Å². The largest absolute Gasteiger partial charge is 0.326 e. The number of benzene rings is 2. The third-order valence-corrected chi connectivity index (χ3v) is 7.90. The van der Waals surface area contributed by atoms with Crippen LogP contribution in [-0.4, -0.2) is 37.4 Å². The van der Waals surface area contributed by atoms with Crippen LogP contribution in [0, 0.1) is 0 Å². The van der Waals surface area contributed by atoms with E-state index in [0.717, 1.165) is 16.9 Å². The van der Waals surface area contributed by atoms with Crippen molar-refractivity contribution in [2.24, 2.45) is 0 Å². The standard InChI is InChI=1S/C25H31N3O5S/c1-5-17-9-12-19(13-10-17)28-23(30)20-14-11-18(16-21(20)24(28)31)27-22(29)8-6-7-15-26-34(32,33)25(2,3)4/h9-14,16,26H,5-8,15H2,1-4H3,(H,27,29). The smallest absolute Gasteiger partial charge is 0.266 e. The molecular formula is C25H31N3O5S. The van der Waals surface area contributed by atoms with Crippen LogP contribution in [0.2, 0.25) is 0 Å². The topological polar surface area (TPSA) is 113 Å². The zero-order valence-electron chi connectivity index (χ0n) is 20.0. The lowest BCUT2D eigenvalue weighted by Crippen LogP contribution is -2.39. The molecule has 0 aliphatic carbocycles. The van der Waals surface area contributed by atoms with Gasteiger partial charge in [-0.05, 0) is 75.9 Å². The zero-order chi connectivity index (χ0) is 25.1. The number of hydrogen-bond acceptors (Lipinski definition) is 5. The summed E-state index contributed by atoms with van der Waals surface area (Å²) in [5.41, 5.74) is 2.60. The maximum atomic E-state index is 12.9. The van der Waals surface area contributed by atoms with Crippen LogP contribution in [0.15, 0.2) is 42.5 Å². The van der Waals surface area contributed by atoms with Gasteiger partial charge in [-0.15, -0.1) is 0 Å². The van der Waals surface area contributed by atoms with Crippen molar-refractivity contribution >= 4 is 39.1 Å². The fraction of sp³-hybridized carbons (Fsp3) is 0.400. The molecule has 0 fully saturated rings. The Balaban J connectivity index is 1.56. The Bertz CT molecular complexity index is 1200. The highest BCUT2D eigenvalue weighted by molar-refractivity contribution is 7.90. The van der Waals surface area contributed by atoms with Crippen LogP contribution in [0.5, 0.6) is 0 Å². The van der Waals surface area contributed by atoms with E-state index in [9.17, 15) is 22.8 Å². The number of nitrogens with one attached hydrogen (secondary N) is 2. The number of imide groups is 1. The molecular weight excluding hydrogens is 454 g/mol. The highest BCUT2D eigenvalue weighted by Crippen LogP contribution is 2.30. The molecule has 0 saturated carbocycles. The summed E-state index contributed by atoms with van der Waals surface area (Å²) in [5, 5.41) is 2.75. The predicted molar refractivity (Wildman–Crippen MR) is 133 cm³/mol. The van der Waals surface area contributed by atoms with Crippen molar-refractivity contribution < 1.29 is 22.8 Å². The summed E-state index contributed by atoms with van der Waals surface area (Å²) < 4.78 is 25.7. The van der Waals surface area contributed by atoms with Gasteiger partial charge in [-0.1, -0.05) is 19.1 Å². The van der Waals surface area contributed by atoms with Crippen LogP contribution in [-0.2, 0) is 21.2 Å². The molecule has 1 aliphatic rings. The molecule has 1 aliphatic heterocycles. The molecule has 1 heterocycles. The number of carbonyl (C=O) groups is 3. The van der Waals surface area contributed by atoms with Crippen molar-refractivity contribution in [3.05, 3.63) is 59.2 Å². The second kappa shape index (κ2) is 10.1. The Kier molecular flexibility index (Phi) is 7.57. The molecule has 3 rings (SSSR count). The molecule has 2 aromatic rings. The van der Waals surface area contributed by atoms with Crippen molar-refractivity contribution in [3.63, 3.8) is 0 Å². The molecule has 3 amide bonds. The molecule has 9 heteroatoms. The Labute approximate surface area is 200 Å². The van der Waals surface area contributed by atoms with Gasteiger partial charge >= 0.3 is 0 Å². The van der Waals surface area contributed by atoms with Crippen molar-refractivity contribution in [2.75, 3.05) is 16.8 Å². The Morgan fingerprint density at radius 3 is 2.21 bits per heavy atom. The van der Waals surface area contributed by atoms with E-state index in [1.165, 1.54) is 6.07 Å². The number of anilines is 2. The second-order valence-corrected chi connectivity index (χ2v) is 11.8. The minimum atomic E-state index is -3.40. The van der Waals surface area contributed by atoms with Crippen LogP contribution in [0.4, 0.5) is 11.4 Å². The number of unbranched alkanes of at least 4 members (excludes halogenated alkanes) is 1. The van der Waals surface area contributed by atoms with Gasteiger partial charge in [0.1, 0.15) is 0 Å². The first-order valence-corrected chi connectivity index (χ1v) is 12.8. The molecule has 2 N–H and O–H groups in total. The highest BCUT2D eigenvalue weighted by Gasteiger charge is 2.36. The third-order valence-electron chi connectivity index (χ3n) is 5.70. The van der Waals surface area contributed by atoms with E-state index in [0.29, 0.717) is 29.8 Å². The Hall–Kier alpha value is -3.04. The van der Waals surface area contributed by atoms with E-state index in [1.54, 1.807) is 45.0 Å². The number of rotatable bonds is 9. The normalized spacial score (nSPS) is 13.8. The molecule has 0 unspecified atom stereocenters. The summed E-state index contributed by atoms with van der Waals surface area (Å²) in [6.45, 7) is 7.16. The monoisotopic (exact) mass is 485 g/mol. The molecule has 0 bridgehead atoms. The first-order valence-electron chi connectivity index (χ1n) is 11.4. The number of nitrogens with zero attached hydrogens (tertiary/aromatic N) is 1. The SMILES string of the molecule is CCc1ccc(N2C(=O)c3ccc(NC(=O)CCCCNS(=O)(=O)C(C)(C)C)cc3C2=O)cc1. The summed E-state index contributed by atoms with van der Waals surface area (Å²) >= 11 is 0. The number of carbonyl (C=O) groups excluding carboxylic acids is 3. The average Bonchev–Trinajstić information content (AvgIpc) is 3.02. The van der Waals surface area contributed by atoms with Gasteiger partial charge in [-0.25, -0.2) is 18.0 Å². The summed E-state index contributed by atoms with van der Waals surface area (Å²) in [7, 11) is -3.40. The lowest BCUT2D eigenvalue weighted by Gasteiger charge is -2.19. The van der Waals surface area contributed by atoms with Gasteiger partial charge in [0.05, 0.1) is 21.6 Å². The van der Waals surface area contributed by atoms with Crippen molar-refractivity contribution in [1.82, 2.24) is 4.72 Å². The molecule has 0 saturated heterocycles. The highest BCUT2D eigenvalue weighted by atomic mass is 32.2. The van der Waals surface area contributed by atoms with Crippen LogP contribution in [0.3, 0.4) is 0 Å². The fourth-order valence-corrected chi connectivity index (χ4v) is 4.34. The first kappa shape index (κ1) is 25.6. The van der Waals surface area contributed by atoms with Crippen LogP contribution in [0.1, 0.15) is 73.2 Å². The minimum absolute atomic E-state index is 0.205. The van der Waals surface area contributed by atoms with Crippen LogP contribution in [0.25, 0.3) is 0 Å². The number of hydrogen-bond donors (Lipinski definition) is 2. The van der Waals surface area contributed by atoms with Gasteiger partial charge < -0.3 is 5.32 Å². The molecule has 0 aromatic heterocycles. The molecule has 34 heavy (non-hydrogen) atoms. The van der Waals surface area contributed by atoms with E-state index in [1.807, 2.05) is 19.1 Å². The Morgan fingerprint density at radius 2 is 1.59 bits per heavy atom. The van der Waals surface area contributed by atoms with Gasteiger partial charge in [0.25, 0.3) is 11.8 Å².